The number of nitrogens with zero attached hydrogens (tertiary/aromatic N) is 4. The van der Waals surface area contributed by atoms with E-state index in [4.69, 9.17) is 0 Å². The van der Waals surface area contributed by atoms with E-state index in [1.54, 1.807) is 6.07 Å². The number of unbranched alkanes of at least 4 members (excludes halogenated alkanes) is 2. The number of nitrogens with one attached hydrogen (secondary N) is 1. The van der Waals surface area contributed by atoms with Gasteiger partial charge in [-0.2, -0.15) is 0 Å². The standard InChI is InChI=1S/C21H29N5O/c1-3-4-8-11-22-20(27)19-16-17(2)23-21(24-19)26-14-12-25(13-15-26)18-9-6-5-7-10-18/h5-7,9-10,16H,3-4,8,11-15H2,1-2H3,(H,22,27). The Morgan fingerprint density at radius 2 is 1.74 bits per heavy atom. The second-order valence-corrected chi connectivity index (χ2v) is 6.97. The van der Waals surface area contributed by atoms with Crippen molar-refractivity contribution in [2.45, 2.75) is 33.1 Å². The number of benzene rings is 1. The minimum atomic E-state index is -0.110. The molecule has 1 saturated heterocycles. The molecule has 1 aliphatic heterocycles. The van der Waals surface area contributed by atoms with Crippen LogP contribution in [-0.2, 0) is 0 Å². The van der Waals surface area contributed by atoms with Crippen LogP contribution >= 0.6 is 0 Å². The highest BCUT2D eigenvalue weighted by Crippen LogP contribution is 2.18. The first-order valence-corrected chi connectivity index (χ1v) is 9.86. The third-order valence-corrected chi connectivity index (χ3v) is 4.82. The predicted molar refractivity (Wildman–Crippen MR) is 109 cm³/mol. The Hall–Kier alpha value is -2.63. The molecule has 0 bridgehead atoms. The molecule has 144 valence electrons. The predicted octanol–water partition coefficient (Wildman–Crippen LogP) is 3.03. The Morgan fingerprint density at radius 3 is 2.44 bits per heavy atom. The number of hydrogen-bond donors (Lipinski definition) is 1. The lowest BCUT2D eigenvalue weighted by atomic mass is 10.2. The molecule has 1 N–H and O–H groups in total. The zero-order valence-electron chi connectivity index (χ0n) is 16.3. The average molecular weight is 367 g/mol. The summed E-state index contributed by atoms with van der Waals surface area (Å²) in [5.41, 5.74) is 2.53. The van der Waals surface area contributed by atoms with Crippen molar-refractivity contribution in [3.8, 4) is 0 Å². The van der Waals surface area contributed by atoms with Crippen molar-refractivity contribution in [2.24, 2.45) is 0 Å². The Labute approximate surface area is 161 Å². The Kier molecular flexibility index (Phi) is 6.63. The topological polar surface area (TPSA) is 61.4 Å². The van der Waals surface area contributed by atoms with Gasteiger partial charge in [0, 0.05) is 44.1 Å². The van der Waals surface area contributed by atoms with Gasteiger partial charge in [0.1, 0.15) is 5.69 Å². The van der Waals surface area contributed by atoms with Gasteiger partial charge in [-0.15, -0.1) is 0 Å². The Bertz CT molecular complexity index is 741. The van der Waals surface area contributed by atoms with Crippen LogP contribution in [0.4, 0.5) is 11.6 Å². The molecule has 2 aromatic rings. The van der Waals surface area contributed by atoms with E-state index in [-0.39, 0.29) is 5.91 Å². The van der Waals surface area contributed by atoms with Crippen molar-refractivity contribution >= 4 is 17.5 Å². The van der Waals surface area contributed by atoms with Gasteiger partial charge < -0.3 is 15.1 Å². The van der Waals surface area contributed by atoms with E-state index in [0.29, 0.717) is 18.2 Å². The third-order valence-electron chi connectivity index (χ3n) is 4.82. The van der Waals surface area contributed by atoms with Crippen LogP contribution in [-0.4, -0.2) is 48.6 Å². The Balaban J connectivity index is 1.62. The fourth-order valence-electron chi connectivity index (χ4n) is 3.28. The number of anilines is 2. The van der Waals surface area contributed by atoms with Crippen LogP contribution in [0.15, 0.2) is 36.4 Å². The van der Waals surface area contributed by atoms with Crippen molar-refractivity contribution in [1.82, 2.24) is 15.3 Å². The second kappa shape index (κ2) is 9.35. The quantitative estimate of drug-likeness (QED) is 0.762. The number of carbonyl (C=O) groups excluding carboxylic acids is 1. The summed E-state index contributed by atoms with van der Waals surface area (Å²) in [6, 6.07) is 12.2. The van der Waals surface area contributed by atoms with Crippen LogP contribution < -0.4 is 15.1 Å². The molecule has 2 heterocycles. The summed E-state index contributed by atoms with van der Waals surface area (Å²) in [6.07, 6.45) is 3.27. The van der Waals surface area contributed by atoms with Crippen molar-refractivity contribution in [3.05, 3.63) is 47.8 Å². The van der Waals surface area contributed by atoms with E-state index in [2.05, 4.69) is 56.3 Å². The zero-order valence-corrected chi connectivity index (χ0v) is 16.3. The summed E-state index contributed by atoms with van der Waals surface area (Å²) in [5, 5.41) is 2.96. The van der Waals surface area contributed by atoms with Gasteiger partial charge in [0.25, 0.3) is 5.91 Å². The molecule has 0 atom stereocenters. The normalized spacial score (nSPS) is 14.3. The number of aromatic nitrogens is 2. The van der Waals surface area contributed by atoms with Crippen molar-refractivity contribution in [3.63, 3.8) is 0 Å². The third kappa shape index (κ3) is 5.18. The SMILES string of the molecule is CCCCCNC(=O)c1cc(C)nc(N2CCN(c3ccccc3)CC2)n1. The summed E-state index contributed by atoms with van der Waals surface area (Å²) in [7, 11) is 0. The number of rotatable bonds is 7. The number of aryl methyl sites for hydroxylation is 1. The van der Waals surface area contributed by atoms with Crippen LogP contribution in [0, 0.1) is 6.92 Å². The highest BCUT2D eigenvalue weighted by atomic mass is 16.1. The van der Waals surface area contributed by atoms with Gasteiger partial charge >= 0.3 is 0 Å². The van der Waals surface area contributed by atoms with Gasteiger partial charge in [-0.3, -0.25) is 4.79 Å². The smallest absolute Gasteiger partial charge is 0.270 e. The molecule has 0 saturated carbocycles. The largest absolute Gasteiger partial charge is 0.368 e. The fraction of sp³-hybridized carbons (Fsp3) is 0.476. The van der Waals surface area contributed by atoms with Gasteiger partial charge in [0.2, 0.25) is 5.95 Å². The van der Waals surface area contributed by atoms with E-state index in [0.717, 1.165) is 51.1 Å². The minimum absolute atomic E-state index is 0.110. The molecule has 6 nitrogen and oxygen atoms in total. The molecule has 1 aliphatic rings. The molecule has 0 spiro atoms. The molecular formula is C21H29N5O. The van der Waals surface area contributed by atoms with Gasteiger partial charge in [0.15, 0.2) is 0 Å². The minimum Gasteiger partial charge on any atom is -0.368 e. The van der Waals surface area contributed by atoms with Gasteiger partial charge in [-0.25, -0.2) is 9.97 Å². The molecular weight excluding hydrogens is 338 g/mol. The number of hydrogen-bond acceptors (Lipinski definition) is 5. The lowest BCUT2D eigenvalue weighted by Gasteiger charge is -2.36. The maximum Gasteiger partial charge on any atom is 0.270 e. The fourth-order valence-corrected chi connectivity index (χ4v) is 3.28. The molecule has 3 rings (SSSR count). The summed E-state index contributed by atoms with van der Waals surface area (Å²) in [4.78, 5) is 26.0. The lowest BCUT2D eigenvalue weighted by Crippen LogP contribution is -2.47. The van der Waals surface area contributed by atoms with E-state index in [9.17, 15) is 4.79 Å². The first-order chi connectivity index (χ1) is 13.2. The number of amides is 1. The molecule has 0 unspecified atom stereocenters. The highest BCUT2D eigenvalue weighted by Gasteiger charge is 2.21. The van der Waals surface area contributed by atoms with Crippen LogP contribution in [0.2, 0.25) is 0 Å². The second-order valence-electron chi connectivity index (χ2n) is 6.97. The summed E-state index contributed by atoms with van der Waals surface area (Å²) < 4.78 is 0. The van der Waals surface area contributed by atoms with Crippen LogP contribution in [0.3, 0.4) is 0 Å². The van der Waals surface area contributed by atoms with E-state index >= 15 is 0 Å². The molecule has 1 amide bonds. The summed E-state index contributed by atoms with van der Waals surface area (Å²) in [5.74, 6) is 0.544. The van der Waals surface area contributed by atoms with Crippen molar-refractivity contribution in [2.75, 3.05) is 42.5 Å². The van der Waals surface area contributed by atoms with E-state index in [1.807, 2.05) is 13.0 Å². The summed E-state index contributed by atoms with van der Waals surface area (Å²) >= 11 is 0. The van der Waals surface area contributed by atoms with Gasteiger partial charge in [-0.05, 0) is 31.5 Å². The summed E-state index contributed by atoms with van der Waals surface area (Å²) in [6.45, 7) is 8.28. The molecule has 1 aromatic carbocycles. The highest BCUT2D eigenvalue weighted by molar-refractivity contribution is 5.92. The number of piperazine rings is 1. The monoisotopic (exact) mass is 367 g/mol. The number of carbonyl (C=O) groups is 1. The molecule has 0 radical (unpaired) electrons. The van der Waals surface area contributed by atoms with Crippen LogP contribution in [0.1, 0.15) is 42.4 Å². The molecule has 6 heteroatoms. The van der Waals surface area contributed by atoms with Gasteiger partial charge in [0.05, 0.1) is 0 Å². The van der Waals surface area contributed by atoms with Crippen LogP contribution in [0.25, 0.3) is 0 Å². The molecule has 1 fully saturated rings. The maximum atomic E-state index is 12.4. The maximum absolute atomic E-state index is 12.4. The molecule has 1 aromatic heterocycles. The lowest BCUT2D eigenvalue weighted by molar-refractivity contribution is 0.0947. The van der Waals surface area contributed by atoms with E-state index in [1.165, 1.54) is 5.69 Å². The van der Waals surface area contributed by atoms with Crippen molar-refractivity contribution in [1.29, 1.82) is 0 Å². The van der Waals surface area contributed by atoms with Gasteiger partial charge in [-0.1, -0.05) is 38.0 Å². The Morgan fingerprint density at radius 1 is 1.04 bits per heavy atom. The average Bonchev–Trinajstić information content (AvgIpc) is 2.71. The number of para-hydroxylation sites is 1. The zero-order chi connectivity index (χ0) is 19.1. The molecule has 0 aliphatic carbocycles. The van der Waals surface area contributed by atoms with Crippen LogP contribution in [0.5, 0.6) is 0 Å². The van der Waals surface area contributed by atoms with Crippen molar-refractivity contribution < 1.29 is 4.79 Å². The first-order valence-electron chi connectivity index (χ1n) is 9.86. The first kappa shape index (κ1) is 19.1. The molecule has 27 heavy (non-hydrogen) atoms. The van der Waals surface area contributed by atoms with E-state index < -0.39 is 0 Å².